The molecule has 168 valence electrons. The summed E-state index contributed by atoms with van der Waals surface area (Å²) in [4.78, 5) is 27.6. The molecular formula is C24H30BrClN2O3. The highest BCUT2D eigenvalue weighted by atomic mass is 79.9. The van der Waals surface area contributed by atoms with Crippen molar-refractivity contribution in [2.45, 2.75) is 52.6 Å². The van der Waals surface area contributed by atoms with E-state index in [-0.39, 0.29) is 18.4 Å². The summed E-state index contributed by atoms with van der Waals surface area (Å²) in [6.07, 6.45) is 2.40. The lowest BCUT2D eigenvalue weighted by Gasteiger charge is -2.30. The number of unbranched alkanes of at least 4 members (excludes halogenated alkanes) is 1. The molecule has 0 saturated heterocycles. The number of hydrogen-bond donors (Lipinski definition) is 1. The molecule has 31 heavy (non-hydrogen) atoms. The normalized spacial score (nSPS) is 11.6. The zero-order valence-electron chi connectivity index (χ0n) is 18.3. The summed E-state index contributed by atoms with van der Waals surface area (Å²) < 4.78 is 6.51. The lowest BCUT2D eigenvalue weighted by Crippen LogP contribution is -2.50. The first-order chi connectivity index (χ1) is 14.8. The third kappa shape index (κ3) is 7.86. The van der Waals surface area contributed by atoms with Gasteiger partial charge in [-0.2, -0.15) is 0 Å². The van der Waals surface area contributed by atoms with Gasteiger partial charge in [0, 0.05) is 17.6 Å². The first kappa shape index (κ1) is 25.2. The van der Waals surface area contributed by atoms with Crippen LogP contribution in [-0.2, 0) is 16.1 Å². The van der Waals surface area contributed by atoms with Crippen LogP contribution in [0.2, 0.25) is 5.02 Å². The Morgan fingerprint density at radius 2 is 1.87 bits per heavy atom. The highest BCUT2D eigenvalue weighted by Crippen LogP contribution is 2.28. The molecule has 2 aromatic carbocycles. The molecule has 0 aliphatic rings. The molecule has 0 heterocycles. The van der Waals surface area contributed by atoms with Gasteiger partial charge < -0.3 is 15.0 Å². The Hall–Kier alpha value is -2.05. The van der Waals surface area contributed by atoms with Crippen LogP contribution in [0.15, 0.2) is 46.9 Å². The molecule has 0 aliphatic heterocycles. The SMILES string of the molecule is CCCCNC(=O)[C@@H](CC)N(Cc1ccc(C)cc1)C(=O)COc1ccc(Br)cc1Cl. The molecule has 2 aromatic rings. The molecule has 2 amide bonds. The Bertz CT molecular complexity index is 874. The highest BCUT2D eigenvalue weighted by Gasteiger charge is 2.28. The van der Waals surface area contributed by atoms with E-state index in [1.807, 2.05) is 38.1 Å². The first-order valence-electron chi connectivity index (χ1n) is 10.6. The quantitative estimate of drug-likeness (QED) is 0.406. The minimum absolute atomic E-state index is 0.141. The van der Waals surface area contributed by atoms with E-state index in [0.29, 0.717) is 30.3 Å². The van der Waals surface area contributed by atoms with Crippen molar-refractivity contribution in [3.8, 4) is 5.75 Å². The van der Waals surface area contributed by atoms with E-state index in [0.717, 1.165) is 28.4 Å². The van der Waals surface area contributed by atoms with Crippen LogP contribution in [0.25, 0.3) is 0 Å². The summed E-state index contributed by atoms with van der Waals surface area (Å²) >= 11 is 9.56. The minimum atomic E-state index is -0.574. The molecule has 0 unspecified atom stereocenters. The van der Waals surface area contributed by atoms with E-state index < -0.39 is 6.04 Å². The zero-order valence-corrected chi connectivity index (χ0v) is 20.6. The summed E-state index contributed by atoms with van der Waals surface area (Å²) in [6, 6.07) is 12.6. The van der Waals surface area contributed by atoms with Gasteiger partial charge in [-0.1, -0.05) is 77.6 Å². The van der Waals surface area contributed by atoms with Crippen molar-refractivity contribution in [3.63, 3.8) is 0 Å². The van der Waals surface area contributed by atoms with Gasteiger partial charge >= 0.3 is 0 Å². The Labute approximate surface area is 198 Å². The molecule has 0 saturated carbocycles. The van der Waals surface area contributed by atoms with Crippen LogP contribution in [0, 0.1) is 6.92 Å². The van der Waals surface area contributed by atoms with E-state index in [4.69, 9.17) is 16.3 Å². The molecule has 0 aliphatic carbocycles. The van der Waals surface area contributed by atoms with Crippen LogP contribution in [0.5, 0.6) is 5.75 Å². The van der Waals surface area contributed by atoms with Gasteiger partial charge in [-0.3, -0.25) is 9.59 Å². The number of nitrogens with zero attached hydrogens (tertiary/aromatic N) is 1. The Morgan fingerprint density at radius 1 is 1.16 bits per heavy atom. The monoisotopic (exact) mass is 508 g/mol. The Morgan fingerprint density at radius 3 is 2.48 bits per heavy atom. The van der Waals surface area contributed by atoms with Gasteiger partial charge in [-0.15, -0.1) is 0 Å². The Kier molecular flexibility index (Phi) is 10.3. The van der Waals surface area contributed by atoms with Gasteiger partial charge in [0.15, 0.2) is 6.61 Å². The highest BCUT2D eigenvalue weighted by molar-refractivity contribution is 9.10. The number of nitrogens with one attached hydrogen (secondary N) is 1. The van der Waals surface area contributed by atoms with Crippen LogP contribution in [0.4, 0.5) is 0 Å². The van der Waals surface area contributed by atoms with Crippen LogP contribution >= 0.6 is 27.5 Å². The molecule has 0 radical (unpaired) electrons. The van der Waals surface area contributed by atoms with E-state index in [9.17, 15) is 9.59 Å². The summed E-state index contributed by atoms with van der Waals surface area (Å²) in [5.74, 6) is 0.0177. The number of carbonyl (C=O) groups excluding carboxylic acids is 2. The second-order valence-corrected chi connectivity index (χ2v) is 8.76. The molecule has 1 atom stereocenters. The van der Waals surface area contributed by atoms with Crippen molar-refractivity contribution in [2.75, 3.05) is 13.2 Å². The topological polar surface area (TPSA) is 58.6 Å². The molecule has 0 spiro atoms. The standard InChI is InChI=1S/C24H30BrClN2O3/c1-4-6-13-27-24(30)21(5-2)28(15-18-9-7-17(3)8-10-18)23(29)16-31-22-12-11-19(25)14-20(22)26/h7-12,14,21H,4-6,13,15-16H2,1-3H3,(H,27,30)/t21-/m1/s1. The maximum atomic E-state index is 13.2. The van der Waals surface area contributed by atoms with E-state index >= 15 is 0 Å². The van der Waals surface area contributed by atoms with Gasteiger partial charge in [-0.05, 0) is 43.5 Å². The number of rotatable bonds is 11. The van der Waals surface area contributed by atoms with Crippen molar-refractivity contribution in [3.05, 3.63) is 63.1 Å². The molecule has 2 rings (SSSR count). The fraction of sp³-hybridized carbons (Fsp3) is 0.417. The lowest BCUT2D eigenvalue weighted by atomic mass is 10.1. The maximum absolute atomic E-state index is 13.2. The van der Waals surface area contributed by atoms with Crippen molar-refractivity contribution in [1.29, 1.82) is 0 Å². The minimum Gasteiger partial charge on any atom is -0.482 e. The zero-order chi connectivity index (χ0) is 22.8. The van der Waals surface area contributed by atoms with Crippen LogP contribution in [0.3, 0.4) is 0 Å². The molecule has 0 aromatic heterocycles. The Balaban J connectivity index is 2.18. The van der Waals surface area contributed by atoms with Crippen molar-refractivity contribution in [2.24, 2.45) is 0 Å². The molecular weight excluding hydrogens is 480 g/mol. The predicted molar refractivity (Wildman–Crippen MR) is 128 cm³/mol. The van der Waals surface area contributed by atoms with Gasteiger partial charge in [0.25, 0.3) is 5.91 Å². The molecule has 0 fully saturated rings. The third-order valence-corrected chi connectivity index (χ3v) is 5.72. The maximum Gasteiger partial charge on any atom is 0.261 e. The van der Waals surface area contributed by atoms with Gasteiger partial charge in [0.05, 0.1) is 5.02 Å². The third-order valence-electron chi connectivity index (χ3n) is 4.93. The van der Waals surface area contributed by atoms with Crippen LogP contribution < -0.4 is 10.1 Å². The number of ether oxygens (including phenoxy) is 1. The van der Waals surface area contributed by atoms with Crippen molar-refractivity contribution in [1.82, 2.24) is 10.2 Å². The molecule has 1 N–H and O–H groups in total. The summed E-state index contributed by atoms with van der Waals surface area (Å²) in [7, 11) is 0. The second kappa shape index (κ2) is 12.7. The number of aryl methyl sites for hydroxylation is 1. The second-order valence-electron chi connectivity index (χ2n) is 7.44. The first-order valence-corrected chi connectivity index (χ1v) is 11.7. The summed E-state index contributed by atoms with van der Waals surface area (Å²) in [5.41, 5.74) is 2.10. The summed E-state index contributed by atoms with van der Waals surface area (Å²) in [5, 5.41) is 3.37. The number of hydrogen-bond acceptors (Lipinski definition) is 3. The van der Waals surface area contributed by atoms with Crippen LogP contribution in [0.1, 0.15) is 44.2 Å². The van der Waals surface area contributed by atoms with Crippen molar-refractivity contribution < 1.29 is 14.3 Å². The lowest BCUT2D eigenvalue weighted by molar-refractivity contribution is -0.143. The fourth-order valence-electron chi connectivity index (χ4n) is 3.13. The molecule has 0 bridgehead atoms. The number of amides is 2. The number of benzene rings is 2. The smallest absolute Gasteiger partial charge is 0.261 e. The number of halogens is 2. The molecule has 7 heteroatoms. The molecule has 5 nitrogen and oxygen atoms in total. The van der Waals surface area contributed by atoms with Gasteiger partial charge in [-0.25, -0.2) is 0 Å². The summed E-state index contributed by atoms with van der Waals surface area (Å²) in [6.45, 7) is 6.72. The average Bonchev–Trinajstić information content (AvgIpc) is 2.74. The van der Waals surface area contributed by atoms with E-state index in [1.165, 1.54) is 0 Å². The largest absolute Gasteiger partial charge is 0.482 e. The van der Waals surface area contributed by atoms with Gasteiger partial charge in [0.2, 0.25) is 5.91 Å². The van der Waals surface area contributed by atoms with Crippen LogP contribution in [-0.4, -0.2) is 35.9 Å². The van der Waals surface area contributed by atoms with E-state index in [2.05, 4.69) is 28.2 Å². The van der Waals surface area contributed by atoms with Crippen molar-refractivity contribution >= 4 is 39.3 Å². The average molecular weight is 510 g/mol. The fourth-order valence-corrected chi connectivity index (χ4v) is 3.86. The van der Waals surface area contributed by atoms with Gasteiger partial charge in [0.1, 0.15) is 11.8 Å². The number of carbonyl (C=O) groups is 2. The predicted octanol–water partition coefficient (Wildman–Crippen LogP) is 5.51. The van der Waals surface area contributed by atoms with E-state index in [1.54, 1.807) is 23.1 Å².